The molecule has 0 radical (unpaired) electrons. The second-order valence-electron chi connectivity index (χ2n) is 6.97. The number of benzene rings is 1. The molecule has 1 aliphatic heterocycles. The Morgan fingerprint density at radius 2 is 1.96 bits per heavy atom. The minimum absolute atomic E-state index is 0.109. The topological polar surface area (TPSA) is 74.6 Å². The summed E-state index contributed by atoms with van der Waals surface area (Å²) in [6.07, 6.45) is 6.18. The molecule has 144 valence electrons. The van der Waals surface area contributed by atoms with Crippen LogP contribution in [0.4, 0.5) is 10.5 Å². The molecular weight excluding hydrogens is 366 g/mol. The van der Waals surface area contributed by atoms with Crippen LogP contribution in [0.25, 0.3) is 0 Å². The van der Waals surface area contributed by atoms with Crippen LogP contribution in [-0.4, -0.2) is 28.9 Å². The Kier molecular flexibility index (Phi) is 6.06. The van der Waals surface area contributed by atoms with Crippen molar-refractivity contribution in [3.8, 4) is 0 Å². The third-order valence-corrected chi connectivity index (χ3v) is 5.16. The highest BCUT2D eigenvalue weighted by atomic mass is 35.5. The number of hydrogen-bond donors (Lipinski definition) is 2. The predicted molar refractivity (Wildman–Crippen MR) is 105 cm³/mol. The number of rotatable bonds is 4. The van der Waals surface area contributed by atoms with E-state index in [2.05, 4.69) is 24.5 Å². The van der Waals surface area contributed by atoms with E-state index >= 15 is 0 Å². The van der Waals surface area contributed by atoms with Crippen molar-refractivity contribution in [3.05, 3.63) is 52.9 Å². The first kappa shape index (κ1) is 19.3. The number of carbonyl (C=O) groups excluding carboxylic acids is 2. The lowest BCUT2D eigenvalue weighted by Gasteiger charge is -2.39. The van der Waals surface area contributed by atoms with Crippen molar-refractivity contribution in [1.29, 1.82) is 0 Å². The Bertz CT molecular complexity index is 797. The number of amides is 3. The maximum atomic E-state index is 13.2. The molecule has 2 unspecified atom stereocenters. The van der Waals surface area contributed by atoms with Crippen molar-refractivity contribution < 1.29 is 14.0 Å². The summed E-state index contributed by atoms with van der Waals surface area (Å²) in [7, 11) is 0. The number of anilines is 1. The molecule has 2 heterocycles. The number of piperidine rings is 1. The van der Waals surface area contributed by atoms with Crippen molar-refractivity contribution in [3.63, 3.8) is 0 Å². The van der Waals surface area contributed by atoms with Crippen LogP contribution in [0.3, 0.4) is 0 Å². The summed E-state index contributed by atoms with van der Waals surface area (Å²) in [6.45, 7) is 4.45. The van der Waals surface area contributed by atoms with Crippen LogP contribution < -0.4 is 10.6 Å². The van der Waals surface area contributed by atoms with Gasteiger partial charge in [-0.3, -0.25) is 4.79 Å². The van der Waals surface area contributed by atoms with Crippen LogP contribution in [0.2, 0.25) is 5.02 Å². The van der Waals surface area contributed by atoms with Gasteiger partial charge in [0.2, 0.25) is 0 Å². The summed E-state index contributed by atoms with van der Waals surface area (Å²) in [5.74, 6) is -0.109. The summed E-state index contributed by atoms with van der Waals surface area (Å²) in [4.78, 5) is 27.4. The van der Waals surface area contributed by atoms with Crippen LogP contribution in [-0.2, 0) is 6.54 Å². The van der Waals surface area contributed by atoms with Gasteiger partial charge in [0.25, 0.3) is 5.91 Å². The molecule has 1 saturated heterocycles. The summed E-state index contributed by atoms with van der Waals surface area (Å²) < 4.78 is 4.98. The van der Waals surface area contributed by atoms with Gasteiger partial charge in [-0.05, 0) is 57.4 Å². The van der Waals surface area contributed by atoms with Crippen LogP contribution in [0.15, 0.2) is 41.2 Å². The lowest BCUT2D eigenvalue weighted by Crippen LogP contribution is -2.47. The van der Waals surface area contributed by atoms with Crippen molar-refractivity contribution in [2.24, 2.45) is 0 Å². The Labute approximate surface area is 163 Å². The highest BCUT2D eigenvalue weighted by Gasteiger charge is 2.31. The number of nitrogens with zero attached hydrogens (tertiary/aromatic N) is 1. The fourth-order valence-electron chi connectivity index (χ4n) is 3.51. The molecular formula is C20H24ClN3O3. The number of halogens is 1. The molecule has 27 heavy (non-hydrogen) atoms. The van der Waals surface area contributed by atoms with Crippen LogP contribution >= 0.6 is 11.6 Å². The van der Waals surface area contributed by atoms with Gasteiger partial charge >= 0.3 is 6.03 Å². The van der Waals surface area contributed by atoms with E-state index < -0.39 is 6.03 Å². The maximum Gasteiger partial charge on any atom is 0.319 e. The van der Waals surface area contributed by atoms with E-state index in [4.69, 9.17) is 16.0 Å². The number of likely N-dealkylation sites (tertiary alicyclic amines) is 1. The second-order valence-corrected chi connectivity index (χ2v) is 7.41. The van der Waals surface area contributed by atoms with Crippen molar-refractivity contribution in [2.45, 2.75) is 51.7 Å². The minimum Gasteiger partial charge on any atom is -0.472 e. The molecule has 0 saturated carbocycles. The maximum absolute atomic E-state index is 13.2. The highest BCUT2D eigenvalue weighted by Crippen LogP contribution is 2.28. The molecule has 1 fully saturated rings. The quantitative estimate of drug-likeness (QED) is 0.798. The van der Waals surface area contributed by atoms with E-state index in [0.29, 0.717) is 22.8 Å². The van der Waals surface area contributed by atoms with Crippen LogP contribution in [0, 0.1) is 0 Å². The van der Waals surface area contributed by atoms with E-state index in [1.54, 1.807) is 36.8 Å². The molecule has 2 atom stereocenters. The van der Waals surface area contributed by atoms with Crippen molar-refractivity contribution in [1.82, 2.24) is 10.2 Å². The first-order valence-electron chi connectivity index (χ1n) is 9.14. The van der Waals surface area contributed by atoms with Gasteiger partial charge < -0.3 is 20.0 Å². The van der Waals surface area contributed by atoms with Crippen LogP contribution in [0.1, 0.15) is 49.0 Å². The lowest BCUT2D eigenvalue weighted by atomic mass is 9.96. The van der Waals surface area contributed by atoms with E-state index in [1.165, 1.54) is 0 Å². The standard InChI is InChI=1S/C20H24ClN3O3/c1-13-4-3-5-14(2)24(13)19(25)17-10-16(21)6-7-18(17)23-20(26)22-11-15-8-9-27-12-15/h6-10,12-14H,3-5,11H2,1-2H3,(H2,22,23,26). The molecule has 2 aromatic rings. The molecule has 0 spiro atoms. The second kappa shape index (κ2) is 8.48. The first-order valence-corrected chi connectivity index (χ1v) is 9.51. The van der Waals surface area contributed by atoms with E-state index in [-0.39, 0.29) is 18.0 Å². The lowest BCUT2D eigenvalue weighted by molar-refractivity contribution is 0.0512. The smallest absolute Gasteiger partial charge is 0.319 e. The molecule has 1 aromatic heterocycles. The highest BCUT2D eigenvalue weighted by molar-refractivity contribution is 6.31. The number of nitrogens with one attached hydrogen (secondary N) is 2. The molecule has 6 nitrogen and oxygen atoms in total. The average Bonchev–Trinajstić information content (AvgIpc) is 3.15. The Morgan fingerprint density at radius 3 is 2.63 bits per heavy atom. The molecule has 1 aromatic carbocycles. The number of urea groups is 1. The fourth-order valence-corrected chi connectivity index (χ4v) is 3.68. The average molecular weight is 390 g/mol. The summed E-state index contributed by atoms with van der Waals surface area (Å²) in [5.41, 5.74) is 1.70. The van der Waals surface area contributed by atoms with Gasteiger partial charge in [-0.25, -0.2) is 4.79 Å². The molecule has 2 N–H and O–H groups in total. The molecule has 3 rings (SSSR count). The normalized spacial score (nSPS) is 19.6. The third-order valence-electron chi connectivity index (χ3n) is 4.92. The van der Waals surface area contributed by atoms with Gasteiger partial charge in [-0.15, -0.1) is 0 Å². The predicted octanol–water partition coefficient (Wildman–Crippen LogP) is 4.66. The molecule has 3 amide bonds. The molecule has 0 bridgehead atoms. The van der Waals surface area contributed by atoms with Gasteiger partial charge in [0.1, 0.15) is 0 Å². The summed E-state index contributed by atoms with van der Waals surface area (Å²) >= 11 is 6.13. The van der Waals surface area contributed by atoms with E-state index in [1.807, 2.05) is 4.90 Å². The first-order chi connectivity index (χ1) is 13.0. The van der Waals surface area contributed by atoms with Crippen molar-refractivity contribution in [2.75, 3.05) is 5.32 Å². The zero-order valence-electron chi connectivity index (χ0n) is 15.5. The monoisotopic (exact) mass is 389 g/mol. The molecule has 1 aliphatic rings. The van der Waals surface area contributed by atoms with Gasteiger partial charge in [0, 0.05) is 29.2 Å². The van der Waals surface area contributed by atoms with E-state index in [9.17, 15) is 9.59 Å². The molecule has 0 aliphatic carbocycles. The summed E-state index contributed by atoms with van der Waals surface area (Å²) in [6, 6.07) is 6.62. The van der Waals surface area contributed by atoms with Crippen LogP contribution in [0.5, 0.6) is 0 Å². The zero-order chi connectivity index (χ0) is 19.4. The Hall–Kier alpha value is -2.47. The number of carbonyl (C=O) groups is 2. The SMILES string of the molecule is CC1CCCC(C)N1C(=O)c1cc(Cl)ccc1NC(=O)NCc1ccoc1. The zero-order valence-corrected chi connectivity index (χ0v) is 16.3. The Balaban J connectivity index is 1.76. The fraction of sp³-hybridized carbons (Fsp3) is 0.400. The van der Waals surface area contributed by atoms with Gasteiger partial charge in [0.15, 0.2) is 0 Å². The largest absolute Gasteiger partial charge is 0.472 e. The molecule has 7 heteroatoms. The van der Waals surface area contributed by atoms with E-state index in [0.717, 1.165) is 24.8 Å². The van der Waals surface area contributed by atoms with Gasteiger partial charge in [-0.2, -0.15) is 0 Å². The summed E-state index contributed by atoms with van der Waals surface area (Å²) in [5, 5.41) is 5.96. The van der Waals surface area contributed by atoms with Crippen molar-refractivity contribution >= 4 is 29.2 Å². The number of hydrogen-bond acceptors (Lipinski definition) is 3. The minimum atomic E-state index is -0.396. The third kappa shape index (κ3) is 4.63. The van der Waals surface area contributed by atoms with Gasteiger partial charge in [-0.1, -0.05) is 11.6 Å². The van der Waals surface area contributed by atoms with Gasteiger partial charge in [0.05, 0.1) is 23.8 Å². The Morgan fingerprint density at radius 1 is 1.22 bits per heavy atom. The number of furan rings is 1.